The first-order chi connectivity index (χ1) is 9.72. The number of unbranched alkanes of at least 4 members (excludes halogenated alkanes) is 2. The van der Waals surface area contributed by atoms with Crippen molar-refractivity contribution in [3.05, 3.63) is 34.6 Å². The molecule has 22 heavy (non-hydrogen) atoms. The quantitative estimate of drug-likeness (QED) is 0.719. The van der Waals surface area contributed by atoms with Gasteiger partial charge in [0.15, 0.2) is 0 Å². The highest BCUT2D eigenvalue weighted by atomic mass is 35.5. The van der Waals surface area contributed by atoms with E-state index in [0.717, 1.165) is 44.6 Å². The maximum atomic E-state index is 14.2. The number of hydrogen-bond acceptors (Lipinski definition) is 2. The van der Waals surface area contributed by atoms with Crippen LogP contribution < -0.4 is 5.32 Å². The van der Waals surface area contributed by atoms with Crippen LogP contribution in [0.25, 0.3) is 0 Å². The van der Waals surface area contributed by atoms with Gasteiger partial charge in [0.1, 0.15) is 5.82 Å². The third kappa shape index (κ3) is 6.21. The number of rotatable bonds is 6. The van der Waals surface area contributed by atoms with Gasteiger partial charge in [-0.1, -0.05) is 43.9 Å². The summed E-state index contributed by atoms with van der Waals surface area (Å²) in [7, 11) is 0. The van der Waals surface area contributed by atoms with E-state index < -0.39 is 0 Å². The van der Waals surface area contributed by atoms with Gasteiger partial charge in [-0.3, -0.25) is 4.90 Å². The number of halogens is 4. The maximum Gasteiger partial charge on any atom is 0.129 e. The molecule has 1 fully saturated rings. The summed E-state index contributed by atoms with van der Waals surface area (Å²) in [5.41, 5.74) is 0.799. The minimum Gasteiger partial charge on any atom is -0.314 e. The first-order valence-corrected chi connectivity index (χ1v) is 8.00. The van der Waals surface area contributed by atoms with E-state index in [1.807, 2.05) is 6.07 Å². The maximum absolute atomic E-state index is 14.2. The zero-order valence-corrected chi connectivity index (χ0v) is 15.4. The standard InChI is InChI=1S/C16H24ClFN2.2ClH/c1-2-3-4-5-16(20-10-8-19-9-11-20)14-7-6-13(17)12-15(14)18;;/h6-7,12,16,19H,2-5,8-11H2,1H3;2*1H/t16-;;/m1../s1. The Kier molecular flexibility index (Phi) is 11.4. The lowest BCUT2D eigenvalue weighted by molar-refractivity contribution is 0.159. The summed E-state index contributed by atoms with van der Waals surface area (Å²) in [5, 5.41) is 3.83. The number of piperazine rings is 1. The number of nitrogens with one attached hydrogen (secondary N) is 1. The minimum atomic E-state index is -0.169. The molecule has 0 saturated carbocycles. The highest BCUT2D eigenvalue weighted by Crippen LogP contribution is 2.30. The Morgan fingerprint density at radius 1 is 1.23 bits per heavy atom. The van der Waals surface area contributed by atoms with Crippen molar-refractivity contribution in [1.82, 2.24) is 10.2 Å². The van der Waals surface area contributed by atoms with Crippen molar-refractivity contribution < 1.29 is 4.39 Å². The molecule has 1 aromatic rings. The van der Waals surface area contributed by atoms with Crippen LogP contribution in [-0.2, 0) is 0 Å². The first kappa shape index (κ1) is 21.9. The van der Waals surface area contributed by atoms with Gasteiger partial charge in [-0.2, -0.15) is 0 Å². The summed E-state index contributed by atoms with van der Waals surface area (Å²) >= 11 is 5.87. The lowest BCUT2D eigenvalue weighted by Crippen LogP contribution is -2.45. The van der Waals surface area contributed by atoms with Gasteiger partial charge in [0.2, 0.25) is 0 Å². The Bertz CT molecular complexity index is 426. The van der Waals surface area contributed by atoms with Gasteiger partial charge in [-0.25, -0.2) is 4.39 Å². The van der Waals surface area contributed by atoms with Crippen molar-refractivity contribution in [3.63, 3.8) is 0 Å². The molecule has 128 valence electrons. The van der Waals surface area contributed by atoms with E-state index in [2.05, 4.69) is 17.1 Å². The minimum absolute atomic E-state index is 0. The molecule has 2 nitrogen and oxygen atoms in total. The molecule has 1 atom stereocenters. The van der Waals surface area contributed by atoms with Crippen LogP contribution >= 0.6 is 36.4 Å². The van der Waals surface area contributed by atoms with Crippen LogP contribution in [0, 0.1) is 5.82 Å². The predicted octanol–water partition coefficient (Wildman–Crippen LogP) is 4.85. The molecule has 0 unspecified atom stereocenters. The van der Waals surface area contributed by atoms with Gasteiger partial charge in [0, 0.05) is 42.8 Å². The summed E-state index contributed by atoms with van der Waals surface area (Å²) in [6.07, 6.45) is 4.56. The van der Waals surface area contributed by atoms with Crippen molar-refractivity contribution >= 4 is 36.4 Å². The zero-order valence-electron chi connectivity index (χ0n) is 13.0. The molecule has 0 aliphatic carbocycles. The molecule has 1 N–H and O–H groups in total. The molecule has 1 aliphatic rings. The molecule has 0 radical (unpaired) electrons. The third-order valence-electron chi connectivity index (χ3n) is 3.99. The van der Waals surface area contributed by atoms with Crippen LogP contribution in [0.1, 0.15) is 44.2 Å². The van der Waals surface area contributed by atoms with Crippen LogP contribution in [-0.4, -0.2) is 31.1 Å². The van der Waals surface area contributed by atoms with Gasteiger partial charge in [0.05, 0.1) is 0 Å². The van der Waals surface area contributed by atoms with E-state index in [0.29, 0.717) is 5.02 Å². The molecule has 1 heterocycles. The lowest BCUT2D eigenvalue weighted by atomic mass is 9.97. The van der Waals surface area contributed by atoms with Crippen molar-refractivity contribution in [2.24, 2.45) is 0 Å². The molecular formula is C16H26Cl3FN2. The number of hydrogen-bond donors (Lipinski definition) is 1. The monoisotopic (exact) mass is 370 g/mol. The van der Waals surface area contributed by atoms with E-state index >= 15 is 0 Å². The Morgan fingerprint density at radius 2 is 1.91 bits per heavy atom. The average Bonchev–Trinajstić information content (AvgIpc) is 2.46. The van der Waals surface area contributed by atoms with E-state index in [1.54, 1.807) is 6.07 Å². The van der Waals surface area contributed by atoms with Crippen LogP contribution in [0.5, 0.6) is 0 Å². The van der Waals surface area contributed by atoms with Gasteiger partial charge in [-0.15, -0.1) is 24.8 Å². The largest absolute Gasteiger partial charge is 0.314 e. The molecule has 2 rings (SSSR count). The fourth-order valence-corrected chi connectivity index (χ4v) is 3.05. The second-order valence-electron chi connectivity index (χ2n) is 5.46. The summed E-state index contributed by atoms with van der Waals surface area (Å²) in [6.45, 7) is 6.14. The normalized spacial score (nSPS) is 16.5. The Hall–Kier alpha value is -0.0600. The van der Waals surface area contributed by atoms with E-state index in [-0.39, 0.29) is 36.7 Å². The van der Waals surface area contributed by atoms with Gasteiger partial charge in [-0.05, 0) is 18.6 Å². The molecule has 0 aromatic heterocycles. The second-order valence-corrected chi connectivity index (χ2v) is 5.90. The Labute approximate surface area is 150 Å². The van der Waals surface area contributed by atoms with Gasteiger partial charge >= 0.3 is 0 Å². The van der Waals surface area contributed by atoms with Crippen molar-refractivity contribution in [1.29, 1.82) is 0 Å². The average molecular weight is 372 g/mol. The SMILES string of the molecule is CCCCC[C@H](c1ccc(Cl)cc1F)N1CCNCC1.Cl.Cl. The molecule has 0 bridgehead atoms. The molecule has 6 heteroatoms. The lowest BCUT2D eigenvalue weighted by Gasteiger charge is -2.35. The molecule has 1 aromatic carbocycles. The van der Waals surface area contributed by atoms with E-state index in [4.69, 9.17) is 11.6 Å². The molecular weight excluding hydrogens is 346 g/mol. The summed E-state index contributed by atoms with van der Waals surface area (Å²) in [5.74, 6) is -0.169. The number of nitrogens with zero attached hydrogens (tertiary/aromatic N) is 1. The summed E-state index contributed by atoms with van der Waals surface area (Å²) in [4.78, 5) is 2.40. The first-order valence-electron chi connectivity index (χ1n) is 7.62. The van der Waals surface area contributed by atoms with Crippen LogP contribution in [0.4, 0.5) is 4.39 Å². The van der Waals surface area contributed by atoms with Crippen LogP contribution in [0.2, 0.25) is 5.02 Å². The third-order valence-corrected chi connectivity index (χ3v) is 4.23. The summed E-state index contributed by atoms with van der Waals surface area (Å²) < 4.78 is 14.2. The second kappa shape index (κ2) is 11.5. The van der Waals surface area contributed by atoms with Crippen molar-refractivity contribution in [3.8, 4) is 0 Å². The smallest absolute Gasteiger partial charge is 0.129 e. The topological polar surface area (TPSA) is 15.3 Å². The predicted molar refractivity (Wildman–Crippen MR) is 97.2 cm³/mol. The fourth-order valence-electron chi connectivity index (χ4n) is 2.89. The zero-order chi connectivity index (χ0) is 14.4. The highest BCUT2D eigenvalue weighted by Gasteiger charge is 2.24. The van der Waals surface area contributed by atoms with Crippen LogP contribution in [0.15, 0.2) is 18.2 Å². The van der Waals surface area contributed by atoms with Gasteiger partial charge in [0.25, 0.3) is 0 Å². The summed E-state index contributed by atoms with van der Waals surface area (Å²) in [6, 6.07) is 5.28. The molecule has 0 amide bonds. The highest BCUT2D eigenvalue weighted by molar-refractivity contribution is 6.30. The van der Waals surface area contributed by atoms with E-state index in [1.165, 1.54) is 18.9 Å². The Morgan fingerprint density at radius 3 is 2.50 bits per heavy atom. The molecule has 1 saturated heterocycles. The molecule has 0 spiro atoms. The van der Waals surface area contributed by atoms with Crippen molar-refractivity contribution in [2.45, 2.75) is 38.6 Å². The fraction of sp³-hybridized carbons (Fsp3) is 0.625. The van der Waals surface area contributed by atoms with Crippen molar-refractivity contribution in [2.75, 3.05) is 26.2 Å². The van der Waals surface area contributed by atoms with Gasteiger partial charge < -0.3 is 5.32 Å². The van der Waals surface area contributed by atoms with E-state index in [9.17, 15) is 4.39 Å². The molecule has 1 aliphatic heterocycles. The van der Waals surface area contributed by atoms with Crippen LogP contribution in [0.3, 0.4) is 0 Å². The number of benzene rings is 1. The Balaban J connectivity index is 0.00000220.